The Morgan fingerprint density at radius 2 is 1.87 bits per heavy atom. The maximum absolute atomic E-state index is 10.8. The van der Waals surface area contributed by atoms with E-state index in [1.807, 2.05) is 12.1 Å². The third-order valence-electron chi connectivity index (χ3n) is 3.97. The summed E-state index contributed by atoms with van der Waals surface area (Å²) in [6.45, 7) is 0.0433. The van der Waals surface area contributed by atoms with Crippen molar-refractivity contribution in [3.63, 3.8) is 0 Å². The zero-order valence-corrected chi connectivity index (χ0v) is 16.3. The fourth-order valence-corrected chi connectivity index (χ4v) is 2.76. The van der Waals surface area contributed by atoms with Crippen LogP contribution in [0.5, 0.6) is 11.5 Å². The summed E-state index contributed by atoms with van der Waals surface area (Å²) in [6.07, 6.45) is 0. The second-order valence-corrected chi connectivity index (χ2v) is 6.65. The van der Waals surface area contributed by atoms with E-state index < -0.39 is 5.91 Å². The second-order valence-electron chi connectivity index (χ2n) is 6.21. The van der Waals surface area contributed by atoms with Crippen molar-refractivity contribution in [1.82, 2.24) is 10.1 Å². The number of nitrogens with two attached hydrogens (primary N) is 1. The minimum absolute atomic E-state index is 0.187. The van der Waals surface area contributed by atoms with E-state index in [1.165, 1.54) is 0 Å². The Balaban J connectivity index is 1.41. The first kappa shape index (κ1) is 19.5. The van der Waals surface area contributed by atoms with Gasteiger partial charge < -0.3 is 24.1 Å². The molecule has 0 fully saturated rings. The molecule has 4 aromatic rings. The number of amides is 1. The molecular weight excluding hydrogens is 410 g/mol. The summed E-state index contributed by atoms with van der Waals surface area (Å²) in [6, 6.07) is 17.5. The smallest absolute Gasteiger partial charge is 0.293 e. The predicted octanol–water partition coefficient (Wildman–Crippen LogP) is 4.09. The van der Waals surface area contributed by atoms with Gasteiger partial charge in [0.1, 0.15) is 23.9 Å². The molecular formula is C21H16ClN3O5. The Kier molecular flexibility index (Phi) is 5.67. The summed E-state index contributed by atoms with van der Waals surface area (Å²) in [4.78, 5) is 15.1. The van der Waals surface area contributed by atoms with Crippen molar-refractivity contribution in [1.29, 1.82) is 0 Å². The lowest BCUT2D eigenvalue weighted by molar-refractivity contribution is -0.119. The van der Waals surface area contributed by atoms with Crippen LogP contribution in [0.1, 0.15) is 5.76 Å². The van der Waals surface area contributed by atoms with E-state index in [2.05, 4.69) is 10.1 Å². The second kappa shape index (κ2) is 8.71. The topological polar surface area (TPSA) is 114 Å². The van der Waals surface area contributed by atoms with Gasteiger partial charge in [0, 0.05) is 10.6 Å². The number of carbonyl (C=O) groups excluding carboxylic acids is 1. The van der Waals surface area contributed by atoms with Gasteiger partial charge in [-0.05, 0) is 54.6 Å². The van der Waals surface area contributed by atoms with E-state index in [-0.39, 0.29) is 19.1 Å². The molecule has 2 heterocycles. The van der Waals surface area contributed by atoms with Crippen molar-refractivity contribution in [2.75, 3.05) is 6.61 Å². The molecule has 30 heavy (non-hydrogen) atoms. The van der Waals surface area contributed by atoms with Crippen molar-refractivity contribution < 1.29 is 23.2 Å². The molecule has 0 aliphatic rings. The minimum Gasteiger partial charge on any atom is -0.486 e. The van der Waals surface area contributed by atoms with E-state index in [4.69, 9.17) is 35.7 Å². The SMILES string of the molecule is NC(=O)COc1ccc(-c2noc(-c3ccc(COc4cccc(Cl)c4)o3)n2)cc1. The monoisotopic (exact) mass is 425 g/mol. The third kappa shape index (κ3) is 4.79. The Morgan fingerprint density at radius 1 is 1.03 bits per heavy atom. The molecule has 4 rings (SSSR count). The van der Waals surface area contributed by atoms with Crippen LogP contribution in [0.15, 0.2) is 69.6 Å². The molecule has 0 spiro atoms. The first-order valence-electron chi connectivity index (χ1n) is 8.89. The van der Waals surface area contributed by atoms with Gasteiger partial charge >= 0.3 is 0 Å². The van der Waals surface area contributed by atoms with Gasteiger partial charge in [-0.15, -0.1) is 0 Å². The summed E-state index contributed by atoms with van der Waals surface area (Å²) < 4.78 is 21.9. The van der Waals surface area contributed by atoms with Crippen LogP contribution < -0.4 is 15.2 Å². The van der Waals surface area contributed by atoms with Gasteiger partial charge in [0.2, 0.25) is 5.82 Å². The molecule has 0 radical (unpaired) electrons. The van der Waals surface area contributed by atoms with E-state index in [0.29, 0.717) is 39.4 Å². The number of benzene rings is 2. The van der Waals surface area contributed by atoms with Crippen LogP contribution >= 0.6 is 11.6 Å². The molecule has 9 heteroatoms. The van der Waals surface area contributed by atoms with Crippen molar-refractivity contribution >= 4 is 17.5 Å². The first-order valence-corrected chi connectivity index (χ1v) is 9.27. The molecule has 1 amide bonds. The van der Waals surface area contributed by atoms with Crippen molar-refractivity contribution in [3.8, 4) is 34.5 Å². The largest absolute Gasteiger partial charge is 0.486 e. The number of hydrogen-bond acceptors (Lipinski definition) is 7. The van der Waals surface area contributed by atoms with Gasteiger partial charge in [0.15, 0.2) is 12.4 Å². The molecule has 0 unspecified atom stereocenters. The lowest BCUT2D eigenvalue weighted by Gasteiger charge is -2.03. The van der Waals surface area contributed by atoms with E-state index in [0.717, 1.165) is 0 Å². The predicted molar refractivity (Wildman–Crippen MR) is 108 cm³/mol. The van der Waals surface area contributed by atoms with Crippen LogP contribution in [0.4, 0.5) is 0 Å². The third-order valence-corrected chi connectivity index (χ3v) is 4.20. The molecule has 8 nitrogen and oxygen atoms in total. The van der Waals surface area contributed by atoms with Crippen molar-refractivity contribution in [2.45, 2.75) is 6.61 Å². The molecule has 2 aromatic heterocycles. The number of hydrogen-bond donors (Lipinski definition) is 1. The maximum Gasteiger partial charge on any atom is 0.293 e. The highest BCUT2D eigenvalue weighted by Gasteiger charge is 2.15. The molecule has 0 saturated carbocycles. The van der Waals surface area contributed by atoms with E-state index in [1.54, 1.807) is 48.5 Å². The van der Waals surface area contributed by atoms with Gasteiger partial charge in [0.05, 0.1) is 0 Å². The molecule has 2 N–H and O–H groups in total. The number of primary amides is 1. The standard InChI is InChI=1S/C21H16ClN3O5/c22-14-2-1-3-16(10-14)27-11-17-8-9-18(29-17)21-24-20(25-30-21)13-4-6-15(7-5-13)28-12-19(23)26/h1-10H,11-12H2,(H2,23,26). The Morgan fingerprint density at radius 3 is 2.63 bits per heavy atom. The number of rotatable bonds is 8. The van der Waals surface area contributed by atoms with Gasteiger partial charge in [-0.3, -0.25) is 4.79 Å². The van der Waals surface area contributed by atoms with Gasteiger partial charge in [0.25, 0.3) is 11.8 Å². The van der Waals surface area contributed by atoms with Crippen molar-refractivity contribution in [2.24, 2.45) is 5.73 Å². The van der Waals surface area contributed by atoms with Gasteiger partial charge in [-0.2, -0.15) is 4.98 Å². The normalized spacial score (nSPS) is 10.7. The highest BCUT2D eigenvalue weighted by Crippen LogP contribution is 2.26. The van der Waals surface area contributed by atoms with Crippen LogP contribution in [-0.4, -0.2) is 22.7 Å². The van der Waals surface area contributed by atoms with E-state index in [9.17, 15) is 4.79 Å². The summed E-state index contributed by atoms with van der Waals surface area (Å²) in [5, 5.41) is 4.57. The summed E-state index contributed by atoms with van der Waals surface area (Å²) in [5.41, 5.74) is 5.77. The molecule has 0 aliphatic heterocycles. The van der Waals surface area contributed by atoms with Crippen molar-refractivity contribution in [3.05, 3.63) is 71.4 Å². The van der Waals surface area contributed by atoms with Crippen LogP contribution in [0.2, 0.25) is 5.02 Å². The Labute approximate surface area is 176 Å². The number of halogens is 1. The molecule has 0 aliphatic carbocycles. The Bertz CT molecular complexity index is 1150. The van der Waals surface area contributed by atoms with Gasteiger partial charge in [-0.1, -0.05) is 22.8 Å². The minimum atomic E-state index is -0.544. The molecule has 2 aromatic carbocycles. The maximum atomic E-state index is 10.8. The van der Waals surface area contributed by atoms with Crippen LogP contribution in [0.25, 0.3) is 23.0 Å². The van der Waals surface area contributed by atoms with Crippen LogP contribution in [0.3, 0.4) is 0 Å². The van der Waals surface area contributed by atoms with Crippen LogP contribution in [-0.2, 0) is 11.4 Å². The average molecular weight is 426 g/mol. The van der Waals surface area contributed by atoms with E-state index >= 15 is 0 Å². The number of ether oxygens (including phenoxy) is 2. The average Bonchev–Trinajstić information content (AvgIpc) is 3.41. The first-order chi connectivity index (χ1) is 14.6. The molecule has 0 saturated heterocycles. The molecule has 0 bridgehead atoms. The number of furan rings is 1. The summed E-state index contributed by atoms with van der Waals surface area (Å²) in [7, 11) is 0. The highest BCUT2D eigenvalue weighted by molar-refractivity contribution is 6.30. The summed E-state index contributed by atoms with van der Waals surface area (Å²) in [5.74, 6) is 2.27. The number of nitrogens with zero attached hydrogens (tertiary/aromatic N) is 2. The zero-order valence-electron chi connectivity index (χ0n) is 15.6. The fraction of sp³-hybridized carbons (Fsp3) is 0.0952. The van der Waals surface area contributed by atoms with Crippen LogP contribution in [0, 0.1) is 0 Å². The highest BCUT2D eigenvalue weighted by atomic mass is 35.5. The molecule has 0 atom stereocenters. The number of aromatic nitrogens is 2. The molecule has 152 valence electrons. The Hall–Kier alpha value is -3.78. The fourth-order valence-electron chi connectivity index (χ4n) is 2.58. The zero-order chi connectivity index (χ0) is 20.9. The lowest BCUT2D eigenvalue weighted by Crippen LogP contribution is -2.19. The summed E-state index contributed by atoms with van der Waals surface area (Å²) >= 11 is 5.94. The lowest BCUT2D eigenvalue weighted by atomic mass is 10.2. The quantitative estimate of drug-likeness (QED) is 0.452. The number of carbonyl (C=O) groups is 1. The van der Waals surface area contributed by atoms with Gasteiger partial charge in [-0.25, -0.2) is 0 Å².